The topological polar surface area (TPSA) is 16.4 Å². The molecule has 0 aliphatic rings. The van der Waals surface area contributed by atoms with Gasteiger partial charge in [-0.05, 0) is 54.3 Å². The van der Waals surface area contributed by atoms with E-state index < -0.39 is 0 Å². The Bertz CT molecular complexity index is 1540. The van der Waals surface area contributed by atoms with E-state index >= 15 is 0 Å². The summed E-state index contributed by atoms with van der Waals surface area (Å²) in [5.41, 5.74) is 8.37. The van der Waals surface area contributed by atoms with Gasteiger partial charge in [-0.2, -0.15) is 0 Å². The highest BCUT2D eigenvalue weighted by molar-refractivity contribution is 5.89. The molecule has 5 aromatic rings. The van der Waals surface area contributed by atoms with Gasteiger partial charge in [-0.3, -0.25) is 0 Å². The molecule has 0 aliphatic heterocycles. The fraction of sp³-hybridized carbons (Fsp3) is 0.125. The van der Waals surface area contributed by atoms with E-state index in [1.54, 1.807) is 0 Å². The first-order valence-electron chi connectivity index (χ1n) is 11.8. The molecule has 0 N–H and O–H groups in total. The van der Waals surface area contributed by atoms with Crippen LogP contribution in [-0.4, -0.2) is 0 Å². The molecule has 0 atom stereocenters. The molecule has 2 heteroatoms. The van der Waals surface area contributed by atoms with Gasteiger partial charge in [0.1, 0.15) is 5.58 Å². The zero-order valence-electron chi connectivity index (χ0n) is 20.0. The Hall–Kier alpha value is -4.04. The molecule has 2 nitrogen and oxygen atoms in total. The molecule has 168 valence electrons. The Morgan fingerprint density at radius 3 is 2.03 bits per heavy atom. The van der Waals surface area contributed by atoms with Crippen LogP contribution in [0.25, 0.3) is 23.2 Å². The van der Waals surface area contributed by atoms with Crippen molar-refractivity contribution in [2.75, 3.05) is 4.90 Å². The Morgan fingerprint density at radius 2 is 1.35 bits per heavy atom. The largest absolute Gasteiger partial charge is 0.454 e. The monoisotopic (exact) mass is 443 g/mol. The summed E-state index contributed by atoms with van der Waals surface area (Å²) in [6, 6.07) is 35.9. The van der Waals surface area contributed by atoms with Crippen molar-refractivity contribution in [2.45, 2.75) is 26.7 Å². The van der Waals surface area contributed by atoms with Gasteiger partial charge in [-0.25, -0.2) is 0 Å². The van der Waals surface area contributed by atoms with Crippen LogP contribution in [0.3, 0.4) is 0 Å². The Labute approximate surface area is 201 Å². The average molecular weight is 444 g/mol. The lowest BCUT2D eigenvalue weighted by atomic mass is 10.0. The van der Waals surface area contributed by atoms with Crippen molar-refractivity contribution in [2.24, 2.45) is 0 Å². The first-order chi connectivity index (χ1) is 16.5. The molecule has 0 fully saturated rings. The molecule has 0 aliphatic carbocycles. The lowest BCUT2D eigenvalue weighted by Crippen LogP contribution is -2.30. The fourth-order valence-corrected chi connectivity index (χ4v) is 4.47. The molecule has 0 saturated carbocycles. The quantitative estimate of drug-likeness (QED) is 0.284. The van der Waals surface area contributed by atoms with Gasteiger partial charge in [0, 0.05) is 27.5 Å². The number of furan rings is 1. The first-order valence-corrected chi connectivity index (χ1v) is 11.8. The summed E-state index contributed by atoms with van der Waals surface area (Å²) >= 11 is 0. The molecule has 1 aromatic heterocycles. The van der Waals surface area contributed by atoms with Crippen LogP contribution < -0.4 is 15.5 Å². The summed E-state index contributed by atoms with van der Waals surface area (Å²) in [4.78, 5) is 2.29. The molecule has 0 radical (unpaired) electrons. The van der Waals surface area contributed by atoms with E-state index in [1.807, 2.05) is 24.3 Å². The SMILES string of the molecule is C=c1/c(=C(\c2ccccc2C)N(c2ccccc2)c2ccc(C(C)C)cc2)oc2ccccc12. The Balaban J connectivity index is 1.90. The number of hydrogen-bond acceptors (Lipinski definition) is 2. The van der Waals surface area contributed by atoms with E-state index in [2.05, 4.69) is 111 Å². The second-order valence-electron chi connectivity index (χ2n) is 8.99. The van der Waals surface area contributed by atoms with Crippen molar-refractivity contribution in [1.82, 2.24) is 0 Å². The highest BCUT2D eigenvalue weighted by Gasteiger charge is 2.21. The number of aryl methyl sites for hydroxylation is 1. The van der Waals surface area contributed by atoms with Crippen molar-refractivity contribution in [3.8, 4) is 0 Å². The standard InChI is InChI=1S/C32H29NO/c1-22(2)25-18-20-27(21-19-25)33(26-13-6-5-7-14-26)31(28-15-9-8-12-23(28)3)32-24(4)29-16-10-11-17-30(29)34-32/h5-22H,4H2,1-3H3/b32-31-. The third-order valence-electron chi connectivity index (χ3n) is 6.37. The van der Waals surface area contributed by atoms with E-state index in [4.69, 9.17) is 4.42 Å². The van der Waals surface area contributed by atoms with E-state index in [-0.39, 0.29) is 0 Å². The average Bonchev–Trinajstić information content (AvgIpc) is 3.20. The van der Waals surface area contributed by atoms with Gasteiger partial charge < -0.3 is 9.32 Å². The molecule has 0 bridgehead atoms. The normalized spacial score (nSPS) is 12.2. The van der Waals surface area contributed by atoms with Gasteiger partial charge in [0.05, 0.1) is 5.70 Å². The maximum absolute atomic E-state index is 6.52. The van der Waals surface area contributed by atoms with Gasteiger partial charge >= 0.3 is 0 Å². The van der Waals surface area contributed by atoms with Gasteiger partial charge in [0.25, 0.3) is 0 Å². The summed E-state index contributed by atoms with van der Waals surface area (Å²) in [5, 5.41) is 1.93. The van der Waals surface area contributed by atoms with Crippen LogP contribution in [0.5, 0.6) is 0 Å². The molecule has 4 aromatic carbocycles. The van der Waals surface area contributed by atoms with Crippen LogP contribution in [0.1, 0.15) is 36.5 Å². The lowest BCUT2D eigenvalue weighted by Gasteiger charge is -2.28. The smallest absolute Gasteiger partial charge is 0.159 e. The maximum atomic E-state index is 6.52. The van der Waals surface area contributed by atoms with Crippen LogP contribution in [0.4, 0.5) is 11.4 Å². The van der Waals surface area contributed by atoms with Crippen molar-refractivity contribution < 1.29 is 4.42 Å². The molecule has 0 unspecified atom stereocenters. The third-order valence-corrected chi connectivity index (χ3v) is 6.37. The minimum absolute atomic E-state index is 0.473. The van der Waals surface area contributed by atoms with Crippen molar-refractivity contribution in [3.05, 3.63) is 130 Å². The summed E-state index contributed by atoms with van der Waals surface area (Å²) in [5.74, 6) is 0.473. The number of rotatable bonds is 5. The number of benzene rings is 4. The minimum atomic E-state index is 0.473. The van der Waals surface area contributed by atoms with Crippen molar-refractivity contribution in [1.29, 1.82) is 0 Å². The maximum Gasteiger partial charge on any atom is 0.159 e. The van der Waals surface area contributed by atoms with E-state index in [0.717, 1.165) is 44.2 Å². The van der Waals surface area contributed by atoms with Crippen LogP contribution >= 0.6 is 0 Å². The lowest BCUT2D eigenvalue weighted by molar-refractivity contribution is 0.571. The predicted octanol–water partition coefficient (Wildman–Crippen LogP) is 7.27. The minimum Gasteiger partial charge on any atom is -0.454 e. The van der Waals surface area contributed by atoms with Gasteiger partial charge in [0.15, 0.2) is 5.42 Å². The second kappa shape index (κ2) is 9.07. The molecule has 34 heavy (non-hydrogen) atoms. The zero-order chi connectivity index (χ0) is 23.7. The highest BCUT2D eigenvalue weighted by atomic mass is 16.3. The Kier molecular flexibility index (Phi) is 5.81. The zero-order valence-corrected chi connectivity index (χ0v) is 20.0. The molecular formula is C32H29NO. The highest BCUT2D eigenvalue weighted by Crippen LogP contribution is 2.35. The molecule has 0 spiro atoms. The number of anilines is 2. The molecule has 5 rings (SSSR count). The van der Waals surface area contributed by atoms with Gasteiger partial charge in [-0.1, -0.05) is 93.2 Å². The van der Waals surface area contributed by atoms with Crippen LogP contribution in [0.15, 0.2) is 108 Å². The van der Waals surface area contributed by atoms with Crippen molar-refractivity contribution in [3.63, 3.8) is 0 Å². The number of fused-ring (bicyclic) bond motifs is 1. The fourth-order valence-electron chi connectivity index (χ4n) is 4.47. The molecule has 0 saturated heterocycles. The summed E-state index contributed by atoms with van der Waals surface area (Å²) in [6.45, 7) is 11.0. The van der Waals surface area contributed by atoms with E-state index in [9.17, 15) is 0 Å². The Morgan fingerprint density at radius 1 is 0.735 bits per heavy atom. The second-order valence-corrected chi connectivity index (χ2v) is 8.99. The van der Waals surface area contributed by atoms with E-state index in [1.165, 1.54) is 11.1 Å². The third kappa shape index (κ3) is 3.92. The predicted molar refractivity (Wildman–Crippen MR) is 144 cm³/mol. The van der Waals surface area contributed by atoms with Crippen LogP contribution in [0.2, 0.25) is 0 Å². The van der Waals surface area contributed by atoms with Gasteiger partial charge in [-0.15, -0.1) is 0 Å². The summed E-state index contributed by atoms with van der Waals surface area (Å²) in [7, 11) is 0. The number of hydrogen-bond donors (Lipinski definition) is 0. The summed E-state index contributed by atoms with van der Waals surface area (Å²) in [6.07, 6.45) is 0. The first kappa shape index (κ1) is 21.8. The van der Waals surface area contributed by atoms with Crippen LogP contribution in [0, 0.1) is 6.92 Å². The number of para-hydroxylation sites is 2. The van der Waals surface area contributed by atoms with Crippen molar-refractivity contribution >= 4 is 34.6 Å². The van der Waals surface area contributed by atoms with Crippen LogP contribution in [-0.2, 0) is 0 Å². The molecule has 1 heterocycles. The summed E-state index contributed by atoms with van der Waals surface area (Å²) < 4.78 is 6.52. The van der Waals surface area contributed by atoms with Gasteiger partial charge in [0.2, 0.25) is 0 Å². The molecule has 0 amide bonds. The van der Waals surface area contributed by atoms with E-state index in [0.29, 0.717) is 5.92 Å². The number of nitrogens with zero attached hydrogens (tertiary/aromatic N) is 1. The molecular weight excluding hydrogens is 414 g/mol.